The van der Waals surface area contributed by atoms with Gasteiger partial charge in [0.1, 0.15) is 12.6 Å². The van der Waals surface area contributed by atoms with Crippen molar-refractivity contribution in [3.63, 3.8) is 0 Å². The Hall–Kier alpha value is -4.43. The van der Waals surface area contributed by atoms with Gasteiger partial charge < -0.3 is 10.2 Å². The largest absolute Gasteiger partial charge is 0.354 e. The summed E-state index contributed by atoms with van der Waals surface area (Å²) in [5, 5.41) is 3.03. The molecule has 236 valence electrons. The van der Waals surface area contributed by atoms with E-state index in [0.29, 0.717) is 17.8 Å². The Morgan fingerprint density at radius 1 is 0.756 bits per heavy atom. The van der Waals surface area contributed by atoms with Crippen LogP contribution in [0.2, 0.25) is 0 Å². The first-order valence-corrected chi connectivity index (χ1v) is 16.7. The molecule has 0 aliphatic carbocycles. The molecule has 0 spiro atoms. The summed E-state index contributed by atoms with van der Waals surface area (Å²) in [5.74, 6) is -0.542. The molecule has 1 atom stereocenters. The van der Waals surface area contributed by atoms with Crippen LogP contribution in [0.5, 0.6) is 0 Å². The van der Waals surface area contributed by atoms with E-state index in [-0.39, 0.29) is 29.7 Å². The molecule has 7 nitrogen and oxygen atoms in total. The van der Waals surface area contributed by atoms with Gasteiger partial charge in [0.25, 0.3) is 10.0 Å². The normalized spacial score (nSPS) is 12.0. The number of amides is 2. The van der Waals surface area contributed by atoms with E-state index in [4.69, 9.17) is 0 Å². The van der Waals surface area contributed by atoms with Crippen molar-refractivity contribution in [2.24, 2.45) is 5.92 Å². The molecule has 0 aliphatic rings. The first-order chi connectivity index (χ1) is 21.5. The number of hydrogen-bond donors (Lipinski definition) is 1. The lowest BCUT2D eigenvalue weighted by Crippen LogP contribution is -2.54. The van der Waals surface area contributed by atoms with Gasteiger partial charge in [-0.05, 0) is 67.1 Å². The number of benzene rings is 4. The highest BCUT2D eigenvalue weighted by atomic mass is 32.2. The van der Waals surface area contributed by atoms with Crippen molar-refractivity contribution >= 4 is 27.5 Å². The molecule has 4 aromatic rings. The van der Waals surface area contributed by atoms with Crippen molar-refractivity contribution in [2.75, 3.05) is 17.4 Å². The zero-order valence-corrected chi connectivity index (χ0v) is 27.6. The molecular weight excluding hydrogens is 582 g/mol. The first-order valence-electron chi connectivity index (χ1n) is 15.3. The second-order valence-corrected chi connectivity index (χ2v) is 13.8. The lowest BCUT2D eigenvalue weighted by Gasteiger charge is -2.34. The lowest BCUT2D eigenvalue weighted by molar-refractivity contribution is -0.140. The van der Waals surface area contributed by atoms with Crippen LogP contribution < -0.4 is 9.62 Å². The summed E-state index contributed by atoms with van der Waals surface area (Å²) in [7, 11) is -4.14. The van der Waals surface area contributed by atoms with Crippen LogP contribution >= 0.6 is 0 Å². The summed E-state index contributed by atoms with van der Waals surface area (Å²) in [6, 6.07) is 30.1. The van der Waals surface area contributed by atoms with Crippen molar-refractivity contribution in [2.45, 2.75) is 58.5 Å². The smallest absolute Gasteiger partial charge is 0.264 e. The Labute approximate surface area is 268 Å². The van der Waals surface area contributed by atoms with E-state index in [0.717, 1.165) is 22.3 Å². The minimum absolute atomic E-state index is 0.0881. The van der Waals surface area contributed by atoms with Crippen molar-refractivity contribution in [3.05, 3.63) is 131 Å². The topological polar surface area (TPSA) is 86.8 Å². The molecule has 0 aliphatic heterocycles. The van der Waals surface area contributed by atoms with Gasteiger partial charge in [-0.2, -0.15) is 0 Å². The third-order valence-electron chi connectivity index (χ3n) is 7.83. The number of hydrogen-bond acceptors (Lipinski definition) is 4. The van der Waals surface area contributed by atoms with Crippen LogP contribution in [0, 0.1) is 26.7 Å². The first kappa shape index (κ1) is 33.5. The number of sulfonamides is 1. The average Bonchev–Trinajstić information content (AvgIpc) is 3.02. The second kappa shape index (κ2) is 15.0. The van der Waals surface area contributed by atoms with Crippen molar-refractivity contribution in [1.82, 2.24) is 10.2 Å². The molecule has 1 unspecified atom stereocenters. The van der Waals surface area contributed by atoms with Crippen LogP contribution in [0.25, 0.3) is 0 Å². The van der Waals surface area contributed by atoms with Crippen molar-refractivity contribution in [1.29, 1.82) is 0 Å². The van der Waals surface area contributed by atoms with Crippen molar-refractivity contribution in [3.8, 4) is 0 Å². The fraction of sp³-hybridized carbons (Fsp3) is 0.297. The minimum atomic E-state index is -4.14. The highest BCUT2D eigenvalue weighted by Crippen LogP contribution is 2.28. The van der Waals surface area contributed by atoms with E-state index < -0.39 is 28.5 Å². The summed E-state index contributed by atoms with van der Waals surface area (Å²) in [6.07, 6.45) is 0.275. The maximum absolute atomic E-state index is 14.6. The van der Waals surface area contributed by atoms with E-state index in [1.165, 1.54) is 4.31 Å². The molecule has 4 rings (SSSR count). The van der Waals surface area contributed by atoms with Gasteiger partial charge in [-0.25, -0.2) is 8.42 Å². The van der Waals surface area contributed by atoms with E-state index in [9.17, 15) is 18.0 Å². The molecule has 8 heteroatoms. The quantitative estimate of drug-likeness (QED) is 0.191. The van der Waals surface area contributed by atoms with Crippen LogP contribution in [0.4, 0.5) is 5.69 Å². The van der Waals surface area contributed by atoms with Crippen LogP contribution in [0.1, 0.15) is 41.7 Å². The van der Waals surface area contributed by atoms with Crippen molar-refractivity contribution < 1.29 is 18.0 Å². The lowest BCUT2D eigenvalue weighted by atomic mass is 10.0. The third kappa shape index (κ3) is 8.60. The standard InChI is InChI=1S/C37H43N3O4S/c1-27(2)24-38-37(42)35(23-31-15-7-6-8-16-31)39(25-32-17-11-9-13-29(32)4)36(41)26-40(34-18-12-10-14-30(34)5)45(43,44)33-21-19-28(3)20-22-33/h6-22,27,35H,23-26H2,1-5H3,(H,38,42). The molecule has 0 saturated heterocycles. The maximum atomic E-state index is 14.6. The number of para-hydroxylation sites is 1. The molecule has 0 heterocycles. The monoisotopic (exact) mass is 625 g/mol. The number of carbonyl (C=O) groups excluding carboxylic acids is 2. The van der Waals surface area contributed by atoms with Crippen LogP contribution in [0.3, 0.4) is 0 Å². The maximum Gasteiger partial charge on any atom is 0.264 e. The summed E-state index contributed by atoms with van der Waals surface area (Å²) in [4.78, 5) is 30.1. The highest BCUT2D eigenvalue weighted by molar-refractivity contribution is 7.92. The number of nitrogens with one attached hydrogen (secondary N) is 1. The van der Waals surface area contributed by atoms with E-state index in [1.54, 1.807) is 41.3 Å². The molecule has 0 fully saturated rings. The molecule has 0 radical (unpaired) electrons. The minimum Gasteiger partial charge on any atom is -0.354 e. The Balaban J connectivity index is 1.81. The van der Waals surface area contributed by atoms with Gasteiger partial charge in [0.15, 0.2) is 0 Å². The zero-order valence-electron chi connectivity index (χ0n) is 26.7. The predicted octanol–water partition coefficient (Wildman–Crippen LogP) is 6.22. The number of carbonyl (C=O) groups is 2. The number of rotatable bonds is 13. The molecule has 1 N–H and O–H groups in total. The summed E-state index contributed by atoms with van der Waals surface area (Å²) in [6.45, 7) is 9.81. The number of nitrogens with zero attached hydrogens (tertiary/aromatic N) is 2. The van der Waals surface area contributed by atoms with Gasteiger partial charge in [0, 0.05) is 19.5 Å². The van der Waals surface area contributed by atoms with Crippen LogP contribution in [-0.2, 0) is 32.6 Å². The van der Waals surface area contributed by atoms with E-state index in [1.807, 2.05) is 101 Å². The van der Waals surface area contributed by atoms with Gasteiger partial charge >= 0.3 is 0 Å². The summed E-state index contributed by atoms with van der Waals surface area (Å²) < 4.78 is 29.6. The fourth-order valence-corrected chi connectivity index (χ4v) is 6.62. The molecule has 0 bridgehead atoms. The van der Waals surface area contributed by atoms with Gasteiger partial charge in [-0.1, -0.05) is 104 Å². The molecular formula is C37H43N3O4S. The Morgan fingerprint density at radius 3 is 1.98 bits per heavy atom. The molecule has 2 amide bonds. The van der Waals surface area contributed by atoms with Crippen LogP contribution in [0.15, 0.2) is 108 Å². The van der Waals surface area contributed by atoms with Crippen LogP contribution in [-0.4, -0.2) is 44.3 Å². The Morgan fingerprint density at radius 2 is 1.36 bits per heavy atom. The molecule has 4 aromatic carbocycles. The number of aryl methyl sites for hydroxylation is 3. The molecule has 45 heavy (non-hydrogen) atoms. The SMILES string of the molecule is Cc1ccc(S(=O)(=O)N(CC(=O)N(Cc2ccccc2C)C(Cc2ccccc2)C(=O)NCC(C)C)c2ccccc2C)cc1. The predicted molar refractivity (Wildman–Crippen MR) is 180 cm³/mol. The average molecular weight is 626 g/mol. The Bertz CT molecular complexity index is 1700. The zero-order chi connectivity index (χ0) is 32.6. The summed E-state index contributed by atoms with van der Waals surface area (Å²) in [5.41, 5.74) is 4.79. The van der Waals surface area contributed by atoms with E-state index >= 15 is 0 Å². The summed E-state index contributed by atoms with van der Waals surface area (Å²) >= 11 is 0. The van der Waals surface area contributed by atoms with Gasteiger partial charge in [0.05, 0.1) is 10.6 Å². The number of anilines is 1. The molecule has 0 aromatic heterocycles. The second-order valence-electron chi connectivity index (χ2n) is 11.9. The highest BCUT2D eigenvalue weighted by Gasteiger charge is 2.35. The fourth-order valence-electron chi connectivity index (χ4n) is 5.14. The van der Waals surface area contributed by atoms with Gasteiger partial charge in [0.2, 0.25) is 11.8 Å². The third-order valence-corrected chi connectivity index (χ3v) is 9.60. The van der Waals surface area contributed by atoms with E-state index in [2.05, 4.69) is 5.32 Å². The van der Waals surface area contributed by atoms with Gasteiger partial charge in [-0.15, -0.1) is 0 Å². The van der Waals surface area contributed by atoms with Gasteiger partial charge in [-0.3, -0.25) is 13.9 Å². The Kier molecular flexibility index (Phi) is 11.2. The molecule has 0 saturated carbocycles.